The van der Waals surface area contributed by atoms with Gasteiger partial charge in [-0.3, -0.25) is 0 Å². The number of carbonyl (C=O) groups is 1. The summed E-state index contributed by atoms with van der Waals surface area (Å²) in [5.41, 5.74) is 1.34. The SMILES string of the molecule is CC(C)(C)OC(=O)NC1CCC(c2nncs2)CC1. The van der Waals surface area contributed by atoms with Gasteiger partial charge in [-0.2, -0.15) is 0 Å². The van der Waals surface area contributed by atoms with Crippen molar-refractivity contribution < 1.29 is 9.53 Å². The quantitative estimate of drug-likeness (QED) is 0.906. The third-order valence-electron chi connectivity index (χ3n) is 3.17. The predicted octanol–water partition coefficient (Wildman–Crippen LogP) is 3.09. The van der Waals surface area contributed by atoms with E-state index in [1.54, 1.807) is 16.8 Å². The second kappa shape index (κ2) is 5.86. The van der Waals surface area contributed by atoms with Gasteiger partial charge in [0, 0.05) is 12.0 Å². The highest BCUT2D eigenvalue weighted by Gasteiger charge is 2.26. The third kappa shape index (κ3) is 4.45. The van der Waals surface area contributed by atoms with E-state index in [0.717, 1.165) is 30.7 Å². The Bertz CT molecular complexity index is 406. The van der Waals surface area contributed by atoms with Crippen LogP contribution in [0.2, 0.25) is 0 Å². The summed E-state index contributed by atoms with van der Waals surface area (Å²) in [6, 6.07) is 0.221. The van der Waals surface area contributed by atoms with Crippen molar-refractivity contribution in [2.45, 2.75) is 64.0 Å². The van der Waals surface area contributed by atoms with Crippen molar-refractivity contribution in [3.63, 3.8) is 0 Å². The molecular formula is C13H21N3O2S. The topological polar surface area (TPSA) is 64.1 Å². The van der Waals surface area contributed by atoms with Crippen molar-refractivity contribution in [1.82, 2.24) is 15.5 Å². The number of hydrogen-bond donors (Lipinski definition) is 1. The molecule has 106 valence electrons. The molecule has 2 rings (SSSR count). The summed E-state index contributed by atoms with van der Waals surface area (Å²) in [5.74, 6) is 0.504. The van der Waals surface area contributed by atoms with Gasteiger partial charge in [0.15, 0.2) is 0 Å². The van der Waals surface area contributed by atoms with Crippen LogP contribution < -0.4 is 5.32 Å². The molecule has 6 heteroatoms. The van der Waals surface area contributed by atoms with Gasteiger partial charge in [-0.05, 0) is 46.5 Å². The number of rotatable bonds is 2. The van der Waals surface area contributed by atoms with Crippen molar-refractivity contribution in [3.05, 3.63) is 10.5 Å². The van der Waals surface area contributed by atoms with Crippen LogP contribution >= 0.6 is 11.3 Å². The Labute approximate surface area is 117 Å². The van der Waals surface area contributed by atoms with Gasteiger partial charge in [-0.15, -0.1) is 21.5 Å². The van der Waals surface area contributed by atoms with Crippen molar-refractivity contribution in [3.8, 4) is 0 Å². The number of carbonyl (C=O) groups excluding carboxylic acids is 1. The molecule has 1 amide bonds. The molecule has 1 saturated carbocycles. The van der Waals surface area contributed by atoms with Crippen molar-refractivity contribution in [1.29, 1.82) is 0 Å². The number of nitrogens with one attached hydrogen (secondary N) is 1. The first kappa shape index (κ1) is 14.2. The molecule has 0 spiro atoms. The van der Waals surface area contributed by atoms with Crippen molar-refractivity contribution in [2.75, 3.05) is 0 Å². The molecule has 19 heavy (non-hydrogen) atoms. The summed E-state index contributed by atoms with van der Waals surface area (Å²) >= 11 is 1.62. The van der Waals surface area contributed by atoms with Gasteiger partial charge in [-0.1, -0.05) is 0 Å². The Hall–Kier alpha value is -1.17. The highest BCUT2D eigenvalue weighted by molar-refractivity contribution is 7.09. The maximum absolute atomic E-state index is 11.7. The van der Waals surface area contributed by atoms with Gasteiger partial charge in [0.2, 0.25) is 0 Å². The van der Waals surface area contributed by atoms with E-state index in [-0.39, 0.29) is 12.1 Å². The molecule has 0 unspecified atom stereocenters. The fraction of sp³-hybridized carbons (Fsp3) is 0.769. The largest absolute Gasteiger partial charge is 0.444 e. The lowest BCUT2D eigenvalue weighted by Crippen LogP contribution is -2.40. The first-order valence-corrected chi connectivity index (χ1v) is 7.57. The molecule has 0 aromatic carbocycles. The lowest BCUT2D eigenvalue weighted by atomic mass is 9.86. The lowest BCUT2D eigenvalue weighted by molar-refractivity contribution is 0.0491. The predicted molar refractivity (Wildman–Crippen MR) is 74.3 cm³/mol. The van der Waals surface area contributed by atoms with Gasteiger partial charge in [0.25, 0.3) is 0 Å². The van der Waals surface area contributed by atoms with Crippen molar-refractivity contribution in [2.24, 2.45) is 0 Å². The Morgan fingerprint density at radius 2 is 2.05 bits per heavy atom. The van der Waals surface area contributed by atoms with Crippen LogP contribution in [0.3, 0.4) is 0 Å². The number of hydrogen-bond acceptors (Lipinski definition) is 5. The van der Waals surface area contributed by atoms with Crippen LogP contribution in [0.4, 0.5) is 4.79 Å². The maximum Gasteiger partial charge on any atom is 0.407 e. The summed E-state index contributed by atoms with van der Waals surface area (Å²) in [4.78, 5) is 11.7. The minimum atomic E-state index is -0.437. The Morgan fingerprint density at radius 1 is 1.37 bits per heavy atom. The molecule has 0 radical (unpaired) electrons. The zero-order valence-corrected chi connectivity index (χ0v) is 12.5. The van der Waals surface area contributed by atoms with Crippen molar-refractivity contribution >= 4 is 17.4 Å². The van der Waals surface area contributed by atoms with E-state index in [9.17, 15) is 4.79 Å². The second-order valence-electron chi connectivity index (χ2n) is 5.97. The van der Waals surface area contributed by atoms with Gasteiger partial charge >= 0.3 is 6.09 Å². The Balaban J connectivity index is 1.76. The normalized spacial score (nSPS) is 23.9. The highest BCUT2D eigenvalue weighted by Crippen LogP contribution is 2.33. The molecule has 1 aromatic rings. The van der Waals surface area contributed by atoms with Crippen LogP contribution in [0.5, 0.6) is 0 Å². The number of alkyl carbamates (subject to hydrolysis) is 1. The summed E-state index contributed by atoms with van der Waals surface area (Å²) in [6.07, 6.45) is 3.74. The van der Waals surface area contributed by atoms with E-state index < -0.39 is 5.60 Å². The van der Waals surface area contributed by atoms with E-state index >= 15 is 0 Å². The number of nitrogens with zero attached hydrogens (tertiary/aromatic N) is 2. The molecule has 1 N–H and O–H groups in total. The van der Waals surface area contributed by atoms with E-state index in [1.165, 1.54) is 0 Å². The summed E-state index contributed by atoms with van der Waals surface area (Å²) in [6.45, 7) is 5.62. The van der Waals surface area contributed by atoms with Gasteiger partial charge in [-0.25, -0.2) is 4.79 Å². The van der Waals surface area contributed by atoms with Crippen LogP contribution in [-0.4, -0.2) is 27.9 Å². The summed E-state index contributed by atoms with van der Waals surface area (Å²) < 4.78 is 5.27. The van der Waals surface area contributed by atoms with Crippen LogP contribution in [0, 0.1) is 0 Å². The number of ether oxygens (including phenoxy) is 1. The smallest absolute Gasteiger partial charge is 0.407 e. The van der Waals surface area contributed by atoms with E-state index in [2.05, 4.69) is 15.5 Å². The molecule has 1 heterocycles. The molecule has 0 saturated heterocycles. The monoisotopic (exact) mass is 283 g/mol. The van der Waals surface area contributed by atoms with Gasteiger partial charge < -0.3 is 10.1 Å². The molecule has 1 fully saturated rings. The zero-order chi connectivity index (χ0) is 13.9. The molecule has 1 aromatic heterocycles. The van der Waals surface area contributed by atoms with Crippen LogP contribution in [0.25, 0.3) is 0 Å². The molecule has 1 aliphatic carbocycles. The third-order valence-corrected chi connectivity index (χ3v) is 4.03. The summed E-state index contributed by atoms with van der Waals surface area (Å²) in [7, 11) is 0. The van der Waals surface area contributed by atoms with Crippen LogP contribution in [0.1, 0.15) is 57.4 Å². The van der Waals surface area contributed by atoms with Gasteiger partial charge in [0.1, 0.15) is 16.1 Å². The standard InChI is InChI=1S/C13H21N3O2S/c1-13(2,3)18-12(17)15-10-6-4-9(5-7-10)11-16-14-8-19-11/h8-10H,4-7H2,1-3H3,(H,15,17). The molecule has 5 nitrogen and oxygen atoms in total. The fourth-order valence-electron chi connectivity index (χ4n) is 2.32. The molecule has 0 bridgehead atoms. The molecule has 1 aliphatic rings. The lowest BCUT2D eigenvalue weighted by Gasteiger charge is -2.29. The first-order chi connectivity index (χ1) is 8.94. The second-order valence-corrected chi connectivity index (χ2v) is 6.84. The van der Waals surface area contributed by atoms with Gasteiger partial charge in [0.05, 0.1) is 0 Å². The molecule has 0 aliphatic heterocycles. The number of aromatic nitrogens is 2. The highest BCUT2D eigenvalue weighted by atomic mass is 32.1. The minimum absolute atomic E-state index is 0.221. The molecule has 0 atom stereocenters. The van der Waals surface area contributed by atoms with E-state index in [4.69, 9.17) is 4.74 Å². The molecular weight excluding hydrogens is 262 g/mol. The van der Waals surface area contributed by atoms with E-state index in [0.29, 0.717) is 5.92 Å². The average Bonchev–Trinajstić information content (AvgIpc) is 2.80. The summed E-state index contributed by atoms with van der Waals surface area (Å²) in [5, 5.41) is 12.1. The van der Waals surface area contributed by atoms with Crippen LogP contribution in [-0.2, 0) is 4.74 Å². The Kier molecular flexibility index (Phi) is 4.39. The van der Waals surface area contributed by atoms with E-state index in [1.807, 2.05) is 20.8 Å². The van der Waals surface area contributed by atoms with Crippen LogP contribution in [0.15, 0.2) is 5.51 Å². The fourth-order valence-corrected chi connectivity index (χ4v) is 3.04. The first-order valence-electron chi connectivity index (χ1n) is 6.69. The Morgan fingerprint density at radius 3 is 2.58 bits per heavy atom. The minimum Gasteiger partial charge on any atom is -0.444 e. The number of amides is 1. The maximum atomic E-state index is 11.7. The average molecular weight is 283 g/mol. The zero-order valence-electron chi connectivity index (χ0n) is 11.7.